The third-order valence-electron chi connectivity index (χ3n) is 2.26. The Kier molecular flexibility index (Phi) is 2.82. The molecule has 0 aliphatic rings. The zero-order valence-corrected chi connectivity index (χ0v) is 9.10. The van der Waals surface area contributed by atoms with Crippen molar-refractivity contribution in [3.63, 3.8) is 0 Å². The summed E-state index contributed by atoms with van der Waals surface area (Å²) < 4.78 is 10.00. The molecule has 2 rings (SSSR count). The molecular weight excluding hydrogens is 224 g/mol. The number of hydrogen-bond donors (Lipinski definition) is 1. The van der Waals surface area contributed by atoms with Crippen LogP contribution < -0.4 is 10.4 Å². The van der Waals surface area contributed by atoms with Crippen molar-refractivity contribution < 1.29 is 19.1 Å². The van der Waals surface area contributed by atoms with E-state index >= 15 is 0 Å². The molecule has 1 aromatic heterocycles. The third-order valence-corrected chi connectivity index (χ3v) is 2.26. The van der Waals surface area contributed by atoms with Gasteiger partial charge in [0, 0.05) is 0 Å². The molecule has 1 N–H and O–H groups in total. The van der Waals surface area contributed by atoms with Crippen LogP contribution in [-0.2, 0) is 0 Å². The number of fused-ring (bicyclic) bond motifs is 1. The van der Waals surface area contributed by atoms with Crippen molar-refractivity contribution in [2.45, 2.75) is 6.92 Å². The van der Waals surface area contributed by atoms with Crippen molar-refractivity contribution in [3.8, 4) is 5.75 Å². The molecule has 0 spiro atoms. The maximum Gasteiger partial charge on any atom is 0.371 e. The summed E-state index contributed by atoms with van der Waals surface area (Å²) in [4.78, 5) is 22.4. The summed E-state index contributed by atoms with van der Waals surface area (Å²) in [5, 5.41) is 9.53. The largest absolute Gasteiger partial charge is 0.493 e. The number of carbonyl (C=O) groups is 1. The van der Waals surface area contributed by atoms with Gasteiger partial charge in [0.15, 0.2) is 0 Å². The van der Waals surface area contributed by atoms with Gasteiger partial charge in [-0.3, -0.25) is 0 Å². The van der Waals surface area contributed by atoms with Gasteiger partial charge < -0.3 is 14.3 Å². The van der Waals surface area contributed by atoms with E-state index in [0.29, 0.717) is 17.7 Å². The fraction of sp³-hybridized carbons (Fsp3) is 0.167. The zero-order valence-electron chi connectivity index (χ0n) is 9.10. The smallest absolute Gasteiger partial charge is 0.371 e. The number of rotatable bonds is 3. The van der Waals surface area contributed by atoms with Crippen LogP contribution in [0.1, 0.15) is 17.5 Å². The molecular formula is C12H10O5. The maximum absolute atomic E-state index is 11.7. The van der Waals surface area contributed by atoms with Crippen LogP contribution in [0.2, 0.25) is 0 Å². The van der Waals surface area contributed by atoms with Crippen LogP contribution in [0.3, 0.4) is 0 Å². The molecule has 0 radical (unpaired) electrons. The third kappa shape index (κ3) is 1.99. The van der Waals surface area contributed by atoms with Gasteiger partial charge in [-0.25, -0.2) is 9.59 Å². The number of carboxylic acid groups (broad SMARTS) is 1. The zero-order chi connectivity index (χ0) is 12.4. The molecule has 0 amide bonds. The van der Waals surface area contributed by atoms with Gasteiger partial charge in [-0.15, -0.1) is 0 Å². The number of carboxylic acids is 1. The summed E-state index contributed by atoms with van der Waals surface area (Å²) in [6.07, 6.45) is 0. The highest BCUT2D eigenvalue weighted by Crippen LogP contribution is 2.23. The lowest BCUT2D eigenvalue weighted by Gasteiger charge is -2.06. The summed E-state index contributed by atoms with van der Waals surface area (Å²) in [5.74, 6) is -1.25. The van der Waals surface area contributed by atoms with Gasteiger partial charge in [0.05, 0.1) is 6.61 Å². The fourth-order valence-corrected chi connectivity index (χ4v) is 1.59. The van der Waals surface area contributed by atoms with Gasteiger partial charge in [-0.2, -0.15) is 0 Å². The Bertz CT molecular complexity index is 626. The Morgan fingerprint density at radius 3 is 2.88 bits per heavy atom. The maximum atomic E-state index is 11.7. The van der Waals surface area contributed by atoms with Crippen molar-refractivity contribution in [1.82, 2.24) is 0 Å². The van der Waals surface area contributed by atoms with E-state index in [1.54, 1.807) is 25.1 Å². The van der Waals surface area contributed by atoms with E-state index in [0.717, 1.165) is 0 Å². The van der Waals surface area contributed by atoms with Crippen molar-refractivity contribution in [2.75, 3.05) is 6.61 Å². The molecule has 0 fully saturated rings. The normalized spacial score (nSPS) is 10.4. The first-order chi connectivity index (χ1) is 8.13. The Labute approximate surface area is 96.2 Å². The molecule has 0 atom stereocenters. The van der Waals surface area contributed by atoms with Gasteiger partial charge in [-0.05, 0) is 24.4 Å². The average Bonchev–Trinajstić information content (AvgIpc) is 2.29. The monoisotopic (exact) mass is 234 g/mol. The summed E-state index contributed by atoms with van der Waals surface area (Å²) in [7, 11) is 0. The van der Waals surface area contributed by atoms with Gasteiger partial charge in [0.25, 0.3) is 0 Å². The molecule has 2 aromatic rings. The molecule has 88 valence electrons. The first-order valence-corrected chi connectivity index (χ1v) is 5.06. The molecule has 5 heteroatoms. The van der Waals surface area contributed by atoms with Crippen LogP contribution in [0.4, 0.5) is 0 Å². The highest BCUT2D eigenvalue weighted by Gasteiger charge is 2.13. The van der Waals surface area contributed by atoms with Crippen LogP contribution in [0.15, 0.2) is 33.5 Å². The molecule has 0 saturated heterocycles. The summed E-state index contributed by atoms with van der Waals surface area (Å²) in [6.45, 7) is 2.21. The molecule has 0 aliphatic carbocycles. The molecule has 1 heterocycles. The second-order valence-electron chi connectivity index (χ2n) is 3.36. The SMILES string of the molecule is CCOc1cccc2cc(C(=O)O)oc(=O)c12. The quantitative estimate of drug-likeness (QED) is 0.877. The number of benzene rings is 1. The van der Waals surface area contributed by atoms with Crippen molar-refractivity contribution in [1.29, 1.82) is 0 Å². The van der Waals surface area contributed by atoms with Crippen LogP contribution >= 0.6 is 0 Å². The highest BCUT2D eigenvalue weighted by molar-refractivity contribution is 5.93. The van der Waals surface area contributed by atoms with Gasteiger partial charge in [-0.1, -0.05) is 12.1 Å². The second-order valence-corrected chi connectivity index (χ2v) is 3.36. The molecule has 1 aromatic carbocycles. The van der Waals surface area contributed by atoms with Crippen LogP contribution in [0.5, 0.6) is 5.75 Å². The Morgan fingerprint density at radius 2 is 2.24 bits per heavy atom. The van der Waals surface area contributed by atoms with Crippen molar-refractivity contribution in [3.05, 3.63) is 40.4 Å². The molecule has 17 heavy (non-hydrogen) atoms. The van der Waals surface area contributed by atoms with Gasteiger partial charge >= 0.3 is 11.6 Å². The van der Waals surface area contributed by atoms with Crippen LogP contribution in [0.25, 0.3) is 10.8 Å². The standard InChI is InChI=1S/C12H10O5/c1-2-16-8-5-3-4-7-6-9(11(13)14)17-12(15)10(7)8/h3-6H,2H2,1H3,(H,13,14). The molecule has 0 saturated carbocycles. The summed E-state index contributed by atoms with van der Waals surface area (Å²) >= 11 is 0. The lowest BCUT2D eigenvalue weighted by molar-refractivity contribution is 0.0658. The average molecular weight is 234 g/mol. The molecule has 0 aliphatic heterocycles. The predicted octanol–water partition coefficient (Wildman–Crippen LogP) is 1.89. The minimum atomic E-state index is -1.27. The van der Waals surface area contributed by atoms with E-state index in [4.69, 9.17) is 14.3 Å². The van der Waals surface area contributed by atoms with Crippen LogP contribution in [-0.4, -0.2) is 17.7 Å². The van der Waals surface area contributed by atoms with E-state index in [9.17, 15) is 9.59 Å². The molecule has 5 nitrogen and oxygen atoms in total. The van der Waals surface area contributed by atoms with Crippen LogP contribution in [0, 0.1) is 0 Å². The Morgan fingerprint density at radius 1 is 1.47 bits per heavy atom. The Balaban J connectivity index is 2.76. The number of aromatic carboxylic acids is 1. The Hall–Kier alpha value is -2.30. The topological polar surface area (TPSA) is 76.7 Å². The first kappa shape index (κ1) is 11.2. The lowest BCUT2D eigenvalue weighted by Crippen LogP contribution is -2.08. The molecule has 0 unspecified atom stereocenters. The molecule has 0 bridgehead atoms. The van der Waals surface area contributed by atoms with Crippen molar-refractivity contribution >= 4 is 16.7 Å². The first-order valence-electron chi connectivity index (χ1n) is 5.06. The lowest BCUT2D eigenvalue weighted by atomic mass is 10.1. The minimum absolute atomic E-state index is 0.263. The van der Waals surface area contributed by atoms with E-state index < -0.39 is 11.6 Å². The summed E-state index contributed by atoms with van der Waals surface area (Å²) in [5.41, 5.74) is -0.705. The van der Waals surface area contributed by atoms with E-state index in [1.165, 1.54) is 6.07 Å². The van der Waals surface area contributed by atoms with Crippen molar-refractivity contribution in [2.24, 2.45) is 0 Å². The number of ether oxygens (including phenoxy) is 1. The fourth-order valence-electron chi connectivity index (χ4n) is 1.59. The highest BCUT2D eigenvalue weighted by atomic mass is 16.5. The number of hydrogen-bond acceptors (Lipinski definition) is 4. The van der Waals surface area contributed by atoms with E-state index in [2.05, 4.69) is 0 Å². The second kappa shape index (κ2) is 4.29. The van der Waals surface area contributed by atoms with Gasteiger partial charge in [0.2, 0.25) is 5.76 Å². The van der Waals surface area contributed by atoms with Gasteiger partial charge in [0.1, 0.15) is 11.1 Å². The predicted molar refractivity (Wildman–Crippen MR) is 60.6 cm³/mol. The van der Waals surface area contributed by atoms with E-state index in [1.807, 2.05) is 0 Å². The van der Waals surface area contributed by atoms with E-state index in [-0.39, 0.29) is 11.1 Å². The minimum Gasteiger partial charge on any atom is -0.493 e. The summed E-state index contributed by atoms with van der Waals surface area (Å²) in [6, 6.07) is 6.28.